The zero-order chi connectivity index (χ0) is 18.6. The third-order valence-electron chi connectivity index (χ3n) is 5.14. The normalized spacial score (nSPS) is 15.0. The molecule has 0 bridgehead atoms. The third-order valence-corrected chi connectivity index (χ3v) is 5.14. The molecule has 6 heteroatoms. The average molecular weight is 363 g/mol. The zero-order valence-corrected chi connectivity index (χ0v) is 15.6. The number of amides is 1. The van der Waals surface area contributed by atoms with Crippen LogP contribution in [0, 0.1) is 0 Å². The second-order valence-electron chi connectivity index (χ2n) is 7.10. The Hall–Kier alpha value is -2.73. The van der Waals surface area contributed by atoms with Crippen LogP contribution in [0.4, 0.5) is 0 Å². The van der Waals surface area contributed by atoms with Crippen LogP contribution >= 0.6 is 0 Å². The van der Waals surface area contributed by atoms with Gasteiger partial charge in [0, 0.05) is 38.1 Å². The van der Waals surface area contributed by atoms with E-state index in [1.807, 2.05) is 22.9 Å². The van der Waals surface area contributed by atoms with Crippen molar-refractivity contribution < 1.29 is 4.79 Å². The number of carbonyl (C=O) groups is 1. The molecule has 4 rings (SSSR count). The Morgan fingerprint density at radius 1 is 1.22 bits per heavy atom. The van der Waals surface area contributed by atoms with Crippen LogP contribution in [-0.4, -0.2) is 31.7 Å². The van der Waals surface area contributed by atoms with Gasteiger partial charge in [0.2, 0.25) is 11.7 Å². The smallest absolute Gasteiger partial charge is 0.233 e. The standard InChI is InChI=1S/C21H25N5O/c1-2-18(19-15-26-12-6-10-22-21(26)24-19)23-20(27)9-5-11-25-13-16-7-3-4-8-17(16)14-25/h3-4,6-8,10,12,15,18H,2,5,9,11,13-14H2,1H3,(H,23,27)/t18-/m0/s1. The second-order valence-corrected chi connectivity index (χ2v) is 7.10. The average Bonchev–Trinajstić information content (AvgIpc) is 3.29. The lowest BCUT2D eigenvalue weighted by atomic mass is 10.1. The summed E-state index contributed by atoms with van der Waals surface area (Å²) in [5.41, 5.74) is 3.68. The highest BCUT2D eigenvalue weighted by atomic mass is 16.1. The number of fused-ring (bicyclic) bond motifs is 2. The molecular weight excluding hydrogens is 338 g/mol. The summed E-state index contributed by atoms with van der Waals surface area (Å²) in [7, 11) is 0. The van der Waals surface area contributed by atoms with E-state index in [4.69, 9.17) is 0 Å². The molecule has 3 aromatic rings. The zero-order valence-electron chi connectivity index (χ0n) is 15.6. The fraction of sp³-hybridized carbons (Fsp3) is 0.381. The summed E-state index contributed by atoms with van der Waals surface area (Å²) < 4.78 is 1.88. The van der Waals surface area contributed by atoms with E-state index in [0.717, 1.165) is 38.2 Å². The van der Waals surface area contributed by atoms with Crippen LogP contribution in [0.2, 0.25) is 0 Å². The first-order valence-corrected chi connectivity index (χ1v) is 9.61. The Balaban J connectivity index is 1.27. The van der Waals surface area contributed by atoms with Gasteiger partial charge in [0.25, 0.3) is 0 Å². The summed E-state index contributed by atoms with van der Waals surface area (Å²) in [4.78, 5) is 23.6. The molecule has 2 aromatic heterocycles. The number of rotatable bonds is 7. The van der Waals surface area contributed by atoms with Crippen molar-refractivity contribution in [1.29, 1.82) is 0 Å². The molecule has 1 aliphatic heterocycles. The molecule has 0 aliphatic carbocycles. The molecule has 6 nitrogen and oxygen atoms in total. The third kappa shape index (κ3) is 4.01. The van der Waals surface area contributed by atoms with Crippen LogP contribution < -0.4 is 5.32 Å². The van der Waals surface area contributed by atoms with Crippen molar-refractivity contribution in [3.63, 3.8) is 0 Å². The van der Waals surface area contributed by atoms with Gasteiger partial charge < -0.3 is 5.32 Å². The maximum Gasteiger partial charge on any atom is 0.233 e. The molecule has 1 aliphatic rings. The van der Waals surface area contributed by atoms with Gasteiger partial charge in [-0.25, -0.2) is 9.97 Å². The number of nitrogens with zero attached hydrogens (tertiary/aromatic N) is 4. The Labute approximate surface area is 159 Å². The second kappa shape index (κ2) is 7.88. The molecule has 1 N–H and O–H groups in total. The molecule has 0 spiro atoms. The summed E-state index contributed by atoms with van der Waals surface area (Å²) in [6, 6.07) is 10.4. The number of benzene rings is 1. The largest absolute Gasteiger partial charge is 0.348 e. The number of carbonyl (C=O) groups excluding carboxylic acids is 1. The van der Waals surface area contributed by atoms with Crippen LogP contribution in [0.5, 0.6) is 0 Å². The van der Waals surface area contributed by atoms with Gasteiger partial charge in [0.1, 0.15) is 0 Å². The molecule has 1 atom stereocenters. The van der Waals surface area contributed by atoms with Gasteiger partial charge in [-0.2, -0.15) is 0 Å². The fourth-order valence-electron chi connectivity index (χ4n) is 3.69. The summed E-state index contributed by atoms with van der Waals surface area (Å²) >= 11 is 0. The quantitative estimate of drug-likeness (QED) is 0.701. The van der Waals surface area contributed by atoms with Gasteiger partial charge in [0.15, 0.2) is 0 Å². The summed E-state index contributed by atoms with van der Waals surface area (Å²) in [5, 5.41) is 3.13. The Morgan fingerprint density at radius 2 is 2.00 bits per heavy atom. The number of imidazole rings is 1. The van der Waals surface area contributed by atoms with Crippen LogP contribution in [-0.2, 0) is 17.9 Å². The van der Waals surface area contributed by atoms with E-state index >= 15 is 0 Å². The monoisotopic (exact) mass is 363 g/mol. The van der Waals surface area contributed by atoms with E-state index in [9.17, 15) is 4.79 Å². The molecule has 0 saturated heterocycles. The van der Waals surface area contributed by atoms with Crippen molar-refractivity contribution in [2.24, 2.45) is 0 Å². The van der Waals surface area contributed by atoms with E-state index in [0.29, 0.717) is 12.2 Å². The predicted octanol–water partition coefficient (Wildman–Crippen LogP) is 3.09. The molecule has 27 heavy (non-hydrogen) atoms. The molecule has 1 aromatic carbocycles. The lowest BCUT2D eigenvalue weighted by Gasteiger charge is -2.17. The minimum absolute atomic E-state index is 0.0739. The molecule has 0 saturated carbocycles. The number of aromatic nitrogens is 3. The van der Waals surface area contributed by atoms with Crippen molar-refractivity contribution in [1.82, 2.24) is 24.6 Å². The number of hydrogen-bond acceptors (Lipinski definition) is 4. The molecular formula is C21H25N5O. The topological polar surface area (TPSA) is 62.5 Å². The summed E-state index contributed by atoms with van der Waals surface area (Å²) in [6.07, 6.45) is 7.79. The highest BCUT2D eigenvalue weighted by Crippen LogP contribution is 2.22. The van der Waals surface area contributed by atoms with Gasteiger partial charge >= 0.3 is 0 Å². The Morgan fingerprint density at radius 3 is 2.70 bits per heavy atom. The SMILES string of the molecule is CC[C@H](NC(=O)CCCN1Cc2ccccc2C1)c1cn2cccnc2n1. The van der Waals surface area contributed by atoms with Crippen LogP contribution in [0.15, 0.2) is 48.9 Å². The predicted molar refractivity (Wildman–Crippen MR) is 104 cm³/mol. The van der Waals surface area contributed by atoms with Crippen molar-refractivity contribution in [2.75, 3.05) is 6.54 Å². The molecule has 0 unspecified atom stereocenters. The van der Waals surface area contributed by atoms with Crippen molar-refractivity contribution in [2.45, 2.75) is 45.3 Å². The maximum absolute atomic E-state index is 12.4. The first kappa shape index (κ1) is 17.7. The van der Waals surface area contributed by atoms with E-state index in [1.54, 1.807) is 6.20 Å². The van der Waals surface area contributed by atoms with Crippen molar-refractivity contribution >= 4 is 11.7 Å². The fourth-order valence-corrected chi connectivity index (χ4v) is 3.69. The van der Waals surface area contributed by atoms with Gasteiger partial charge in [-0.1, -0.05) is 31.2 Å². The van der Waals surface area contributed by atoms with E-state index in [1.165, 1.54) is 11.1 Å². The van der Waals surface area contributed by atoms with Crippen LogP contribution in [0.1, 0.15) is 49.0 Å². The van der Waals surface area contributed by atoms with Gasteiger partial charge in [0.05, 0.1) is 11.7 Å². The van der Waals surface area contributed by atoms with Gasteiger partial charge in [-0.15, -0.1) is 0 Å². The maximum atomic E-state index is 12.4. The van der Waals surface area contributed by atoms with Gasteiger partial charge in [-0.05, 0) is 36.6 Å². The Bertz CT molecular complexity index is 877. The molecule has 0 radical (unpaired) electrons. The lowest BCUT2D eigenvalue weighted by Crippen LogP contribution is -2.29. The van der Waals surface area contributed by atoms with E-state index in [2.05, 4.69) is 51.4 Å². The lowest BCUT2D eigenvalue weighted by molar-refractivity contribution is -0.122. The van der Waals surface area contributed by atoms with Crippen LogP contribution in [0.25, 0.3) is 5.78 Å². The number of hydrogen-bond donors (Lipinski definition) is 1. The molecule has 140 valence electrons. The van der Waals surface area contributed by atoms with E-state index < -0.39 is 0 Å². The van der Waals surface area contributed by atoms with Crippen molar-refractivity contribution in [3.05, 3.63) is 65.7 Å². The van der Waals surface area contributed by atoms with Crippen molar-refractivity contribution in [3.8, 4) is 0 Å². The summed E-state index contributed by atoms with van der Waals surface area (Å²) in [5.74, 6) is 0.748. The highest BCUT2D eigenvalue weighted by molar-refractivity contribution is 5.76. The minimum Gasteiger partial charge on any atom is -0.348 e. The summed E-state index contributed by atoms with van der Waals surface area (Å²) in [6.45, 7) is 4.98. The van der Waals surface area contributed by atoms with Crippen LogP contribution in [0.3, 0.4) is 0 Å². The number of nitrogens with one attached hydrogen (secondary N) is 1. The molecule has 1 amide bonds. The molecule has 3 heterocycles. The minimum atomic E-state index is -0.0739. The highest BCUT2D eigenvalue weighted by Gasteiger charge is 2.19. The first-order valence-electron chi connectivity index (χ1n) is 9.61. The Kier molecular flexibility index (Phi) is 5.16. The van der Waals surface area contributed by atoms with Gasteiger partial charge in [-0.3, -0.25) is 14.1 Å². The first-order chi connectivity index (χ1) is 13.2. The molecule has 0 fully saturated rings. The van der Waals surface area contributed by atoms with E-state index in [-0.39, 0.29) is 11.9 Å².